The average Bonchev–Trinajstić information content (AvgIpc) is 2.80. The fourth-order valence-electron chi connectivity index (χ4n) is 2.39. The van der Waals surface area contributed by atoms with Crippen molar-refractivity contribution >= 4 is 11.6 Å². The van der Waals surface area contributed by atoms with Crippen LogP contribution in [0.25, 0.3) is 0 Å². The zero-order valence-electron chi connectivity index (χ0n) is 10.3. The lowest BCUT2D eigenvalue weighted by Gasteiger charge is -2.27. The van der Waals surface area contributed by atoms with E-state index in [0.29, 0.717) is 6.10 Å². The third kappa shape index (κ3) is 3.21. The quantitative estimate of drug-likeness (QED) is 0.892. The number of hydrogen-bond acceptors (Lipinski definition) is 2. The van der Waals surface area contributed by atoms with Crippen LogP contribution in [0, 0.1) is 0 Å². The van der Waals surface area contributed by atoms with Gasteiger partial charge in [0.15, 0.2) is 0 Å². The zero-order valence-corrected chi connectivity index (χ0v) is 11.0. The summed E-state index contributed by atoms with van der Waals surface area (Å²) in [6.07, 6.45) is 4.65. The van der Waals surface area contributed by atoms with Crippen LogP contribution in [-0.2, 0) is 10.3 Å². The number of halogens is 1. The maximum atomic E-state index is 6.38. The maximum absolute atomic E-state index is 6.38. The van der Waals surface area contributed by atoms with Gasteiger partial charge in [0.1, 0.15) is 0 Å². The third-order valence-electron chi connectivity index (χ3n) is 3.50. The minimum Gasteiger partial charge on any atom is -0.378 e. The van der Waals surface area contributed by atoms with Gasteiger partial charge in [-0.15, -0.1) is 0 Å². The highest BCUT2D eigenvalue weighted by molar-refractivity contribution is 6.31. The number of hydrogen-bond donors (Lipinski definition) is 1. The van der Waals surface area contributed by atoms with E-state index >= 15 is 0 Å². The van der Waals surface area contributed by atoms with E-state index in [0.717, 1.165) is 30.0 Å². The standard InChI is InChI=1S/C14H20ClNO/c1-14(16,9-8-11-5-4-10-17-11)12-6-2-3-7-13(12)15/h2-3,6-7,11H,4-5,8-10,16H2,1H3. The summed E-state index contributed by atoms with van der Waals surface area (Å²) in [5.74, 6) is 0. The second-order valence-electron chi connectivity index (χ2n) is 5.07. The Labute approximate surface area is 108 Å². The van der Waals surface area contributed by atoms with Gasteiger partial charge >= 0.3 is 0 Å². The minimum absolute atomic E-state index is 0.371. The fourth-order valence-corrected chi connectivity index (χ4v) is 2.74. The lowest BCUT2D eigenvalue weighted by molar-refractivity contribution is 0.0967. The Balaban J connectivity index is 2.00. The molecular formula is C14H20ClNO. The predicted molar refractivity (Wildman–Crippen MR) is 71.2 cm³/mol. The Morgan fingerprint density at radius 1 is 1.47 bits per heavy atom. The Kier molecular flexibility index (Phi) is 4.08. The van der Waals surface area contributed by atoms with Crippen LogP contribution < -0.4 is 5.73 Å². The lowest BCUT2D eigenvalue weighted by atomic mass is 9.87. The third-order valence-corrected chi connectivity index (χ3v) is 3.83. The molecule has 2 atom stereocenters. The van der Waals surface area contributed by atoms with Crippen molar-refractivity contribution in [1.29, 1.82) is 0 Å². The molecule has 2 rings (SSSR count). The molecule has 1 aliphatic heterocycles. The molecule has 2 nitrogen and oxygen atoms in total. The molecule has 1 fully saturated rings. The molecule has 0 aliphatic carbocycles. The van der Waals surface area contributed by atoms with Crippen LogP contribution >= 0.6 is 11.6 Å². The lowest BCUT2D eigenvalue weighted by Crippen LogP contribution is -2.34. The summed E-state index contributed by atoms with van der Waals surface area (Å²) in [5, 5.41) is 0.754. The van der Waals surface area contributed by atoms with E-state index in [1.54, 1.807) is 0 Å². The first kappa shape index (κ1) is 12.9. The molecule has 1 aromatic carbocycles. The molecule has 2 unspecified atom stereocenters. The molecule has 0 bridgehead atoms. The highest BCUT2D eigenvalue weighted by Gasteiger charge is 2.26. The highest BCUT2D eigenvalue weighted by Crippen LogP contribution is 2.31. The molecule has 1 aliphatic rings. The normalized spacial score (nSPS) is 23.6. The van der Waals surface area contributed by atoms with Gasteiger partial charge in [0.2, 0.25) is 0 Å². The summed E-state index contributed by atoms with van der Waals surface area (Å²) in [7, 11) is 0. The maximum Gasteiger partial charge on any atom is 0.0576 e. The first-order valence-corrected chi connectivity index (χ1v) is 6.63. The Hall–Kier alpha value is -0.570. The summed E-state index contributed by atoms with van der Waals surface area (Å²) in [4.78, 5) is 0. The van der Waals surface area contributed by atoms with Crippen molar-refractivity contribution in [2.24, 2.45) is 5.73 Å². The van der Waals surface area contributed by atoms with Gasteiger partial charge in [-0.2, -0.15) is 0 Å². The molecule has 0 aromatic heterocycles. The van der Waals surface area contributed by atoms with Gasteiger partial charge in [0, 0.05) is 17.2 Å². The summed E-state index contributed by atoms with van der Waals surface area (Å²) in [6.45, 7) is 2.95. The van der Waals surface area contributed by atoms with E-state index < -0.39 is 0 Å². The van der Waals surface area contributed by atoms with Crippen molar-refractivity contribution in [2.75, 3.05) is 6.61 Å². The molecule has 2 N–H and O–H groups in total. The summed E-state index contributed by atoms with van der Waals surface area (Å²) in [6, 6.07) is 7.83. The van der Waals surface area contributed by atoms with Crippen LogP contribution in [0.2, 0.25) is 5.02 Å². The average molecular weight is 254 g/mol. The summed E-state index contributed by atoms with van der Waals surface area (Å²) < 4.78 is 5.63. The van der Waals surface area contributed by atoms with Crippen molar-refractivity contribution in [3.8, 4) is 0 Å². The van der Waals surface area contributed by atoms with Gasteiger partial charge in [-0.1, -0.05) is 29.8 Å². The number of benzene rings is 1. The van der Waals surface area contributed by atoms with E-state index in [4.69, 9.17) is 22.1 Å². The second kappa shape index (κ2) is 5.38. The largest absolute Gasteiger partial charge is 0.378 e. The van der Waals surface area contributed by atoms with Crippen LogP contribution in [0.5, 0.6) is 0 Å². The molecule has 0 spiro atoms. The molecule has 1 aromatic rings. The molecule has 3 heteroatoms. The summed E-state index contributed by atoms with van der Waals surface area (Å²) in [5.41, 5.74) is 7.03. The van der Waals surface area contributed by atoms with Crippen LogP contribution in [0.15, 0.2) is 24.3 Å². The van der Waals surface area contributed by atoms with Crippen LogP contribution in [-0.4, -0.2) is 12.7 Å². The van der Waals surface area contributed by atoms with Crippen LogP contribution in [0.4, 0.5) is 0 Å². The Morgan fingerprint density at radius 2 is 2.24 bits per heavy atom. The molecule has 0 saturated carbocycles. The van der Waals surface area contributed by atoms with Gasteiger partial charge in [-0.05, 0) is 44.2 Å². The Morgan fingerprint density at radius 3 is 2.88 bits per heavy atom. The first-order chi connectivity index (χ1) is 8.09. The monoisotopic (exact) mass is 253 g/mol. The van der Waals surface area contributed by atoms with Crippen molar-refractivity contribution in [1.82, 2.24) is 0 Å². The van der Waals surface area contributed by atoms with E-state index in [2.05, 4.69) is 0 Å². The fraction of sp³-hybridized carbons (Fsp3) is 0.571. The van der Waals surface area contributed by atoms with Crippen LogP contribution in [0.1, 0.15) is 38.2 Å². The zero-order chi connectivity index (χ0) is 12.3. The van der Waals surface area contributed by atoms with Crippen LogP contribution in [0.3, 0.4) is 0 Å². The van der Waals surface area contributed by atoms with Crippen molar-refractivity contribution in [3.63, 3.8) is 0 Å². The molecule has 1 saturated heterocycles. The van der Waals surface area contributed by atoms with Gasteiger partial charge < -0.3 is 10.5 Å². The molecule has 0 amide bonds. The Bertz CT molecular complexity index is 372. The molecule has 94 valence electrons. The molecular weight excluding hydrogens is 234 g/mol. The van der Waals surface area contributed by atoms with E-state index in [-0.39, 0.29) is 5.54 Å². The van der Waals surface area contributed by atoms with E-state index in [1.165, 1.54) is 12.8 Å². The molecule has 1 heterocycles. The topological polar surface area (TPSA) is 35.2 Å². The highest BCUT2D eigenvalue weighted by atomic mass is 35.5. The van der Waals surface area contributed by atoms with E-state index in [1.807, 2.05) is 31.2 Å². The van der Waals surface area contributed by atoms with Gasteiger partial charge in [0.25, 0.3) is 0 Å². The van der Waals surface area contributed by atoms with Gasteiger partial charge in [0.05, 0.1) is 6.10 Å². The van der Waals surface area contributed by atoms with E-state index in [9.17, 15) is 0 Å². The SMILES string of the molecule is CC(N)(CCC1CCCO1)c1ccccc1Cl. The van der Waals surface area contributed by atoms with Crippen molar-refractivity contribution < 1.29 is 4.74 Å². The smallest absolute Gasteiger partial charge is 0.0576 e. The van der Waals surface area contributed by atoms with Crippen molar-refractivity contribution in [3.05, 3.63) is 34.9 Å². The predicted octanol–water partition coefficient (Wildman–Crippen LogP) is 3.47. The number of rotatable bonds is 4. The second-order valence-corrected chi connectivity index (χ2v) is 5.48. The number of ether oxygens (including phenoxy) is 1. The minimum atomic E-state index is -0.371. The van der Waals surface area contributed by atoms with Gasteiger partial charge in [-0.3, -0.25) is 0 Å². The molecule has 0 radical (unpaired) electrons. The van der Waals surface area contributed by atoms with Crippen molar-refractivity contribution in [2.45, 2.75) is 44.2 Å². The van der Waals surface area contributed by atoms with Gasteiger partial charge in [-0.25, -0.2) is 0 Å². The number of nitrogens with two attached hydrogens (primary N) is 1. The molecule has 17 heavy (non-hydrogen) atoms. The summed E-state index contributed by atoms with van der Waals surface area (Å²) >= 11 is 6.19. The first-order valence-electron chi connectivity index (χ1n) is 6.25.